The molecule has 1 unspecified atom stereocenters. The number of hydrogen-bond donors (Lipinski definition) is 1. The summed E-state index contributed by atoms with van der Waals surface area (Å²) in [6.45, 7) is 7.59. The molecule has 1 aromatic carbocycles. The van der Waals surface area contributed by atoms with Gasteiger partial charge < -0.3 is 15.5 Å². The van der Waals surface area contributed by atoms with E-state index in [0.717, 1.165) is 39.0 Å². The van der Waals surface area contributed by atoms with Crippen molar-refractivity contribution in [2.75, 3.05) is 31.1 Å². The second-order valence-electron chi connectivity index (χ2n) is 6.08. The van der Waals surface area contributed by atoms with Gasteiger partial charge in [0.05, 0.1) is 0 Å². The average molecular weight is 289 g/mol. The summed E-state index contributed by atoms with van der Waals surface area (Å²) in [5, 5.41) is 0. The fourth-order valence-corrected chi connectivity index (χ4v) is 2.77. The van der Waals surface area contributed by atoms with Gasteiger partial charge in [0.25, 0.3) is 0 Å². The topological polar surface area (TPSA) is 49.6 Å². The summed E-state index contributed by atoms with van der Waals surface area (Å²) in [5.74, 6) is 0.277. The van der Waals surface area contributed by atoms with Crippen LogP contribution in [0.15, 0.2) is 24.3 Å². The molecule has 0 spiro atoms. The summed E-state index contributed by atoms with van der Waals surface area (Å²) >= 11 is 0. The Morgan fingerprint density at radius 3 is 2.62 bits per heavy atom. The highest BCUT2D eigenvalue weighted by molar-refractivity contribution is 5.76. The van der Waals surface area contributed by atoms with Crippen LogP contribution in [0.25, 0.3) is 0 Å². The molecule has 0 aliphatic carbocycles. The van der Waals surface area contributed by atoms with Gasteiger partial charge in [-0.3, -0.25) is 4.79 Å². The van der Waals surface area contributed by atoms with Gasteiger partial charge in [0.1, 0.15) is 0 Å². The van der Waals surface area contributed by atoms with Crippen LogP contribution in [0.5, 0.6) is 0 Å². The molecule has 21 heavy (non-hydrogen) atoms. The van der Waals surface area contributed by atoms with Gasteiger partial charge in [-0.15, -0.1) is 0 Å². The van der Waals surface area contributed by atoms with E-state index in [1.165, 1.54) is 11.3 Å². The molecule has 1 fully saturated rings. The molecule has 1 amide bonds. The van der Waals surface area contributed by atoms with Crippen molar-refractivity contribution in [1.29, 1.82) is 0 Å². The van der Waals surface area contributed by atoms with E-state index in [2.05, 4.69) is 36.1 Å². The zero-order valence-electron chi connectivity index (χ0n) is 13.2. The van der Waals surface area contributed by atoms with Crippen molar-refractivity contribution in [3.63, 3.8) is 0 Å². The quantitative estimate of drug-likeness (QED) is 0.903. The van der Waals surface area contributed by atoms with Crippen LogP contribution in [0.1, 0.15) is 31.7 Å². The standard InChI is InChI=1S/C17H27N3O/c1-14-5-3-7-16(13-14)19-9-11-20(12-10-19)17(21)8-4-6-15(2)18/h3,5,7,13,15H,4,6,8-12,18H2,1-2H3. The van der Waals surface area contributed by atoms with Gasteiger partial charge in [0.2, 0.25) is 5.91 Å². The number of benzene rings is 1. The molecule has 0 aromatic heterocycles. The first-order valence-corrected chi connectivity index (χ1v) is 7.91. The molecule has 116 valence electrons. The number of carbonyl (C=O) groups excluding carboxylic acids is 1. The van der Waals surface area contributed by atoms with Gasteiger partial charge in [0.15, 0.2) is 0 Å². The van der Waals surface area contributed by atoms with E-state index in [9.17, 15) is 4.79 Å². The number of rotatable bonds is 5. The number of amides is 1. The molecule has 4 heteroatoms. The first-order chi connectivity index (χ1) is 10.1. The summed E-state index contributed by atoms with van der Waals surface area (Å²) < 4.78 is 0. The predicted molar refractivity (Wildman–Crippen MR) is 87.5 cm³/mol. The summed E-state index contributed by atoms with van der Waals surface area (Å²) in [7, 11) is 0. The Kier molecular flexibility index (Phi) is 5.62. The molecular weight excluding hydrogens is 262 g/mol. The van der Waals surface area contributed by atoms with E-state index in [-0.39, 0.29) is 11.9 Å². The van der Waals surface area contributed by atoms with Gasteiger partial charge in [-0.25, -0.2) is 0 Å². The normalized spacial score (nSPS) is 16.9. The number of carbonyl (C=O) groups is 1. The molecule has 1 aromatic rings. The fraction of sp³-hybridized carbons (Fsp3) is 0.588. The molecule has 0 saturated carbocycles. The lowest BCUT2D eigenvalue weighted by Gasteiger charge is -2.36. The Labute approximate surface area is 127 Å². The van der Waals surface area contributed by atoms with Crippen LogP contribution >= 0.6 is 0 Å². The number of hydrogen-bond acceptors (Lipinski definition) is 3. The molecule has 1 heterocycles. The second kappa shape index (κ2) is 7.46. The Morgan fingerprint density at radius 1 is 1.29 bits per heavy atom. The van der Waals surface area contributed by atoms with E-state index in [1.807, 2.05) is 11.8 Å². The third-order valence-electron chi connectivity index (χ3n) is 4.05. The van der Waals surface area contributed by atoms with Crippen molar-refractivity contribution in [1.82, 2.24) is 4.90 Å². The summed E-state index contributed by atoms with van der Waals surface area (Å²) in [5.41, 5.74) is 8.26. The number of aryl methyl sites for hydroxylation is 1. The van der Waals surface area contributed by atoms with Gasteiger partial charge in [-0.1, -0.05) is 12.1 Å². The van der Waals surface area contributed by atoms with Crippen LogP contribution in [-0.2, 0) is 4.79 Å². The van der Waals surface area contributed by atoms with Gasteiger partial charge in [-0.05, 0) is 44.4 Å². The molecule has 0 radical (unpaired) electrons. The maximum Gasteiger partial charge on any atom is 0.222 e. The zero-order chi connectivity index (χ0) is 15.2. The summed E-state index contributed by atoms with van der Waals surface area (Å²) in [6.07, 6.45) is 2.45. The van der Waals surface area contributed by atoms with Gasteiger partial charge >= 0.3 is 0 Å². The Morgan fingerprint density at radius 2 is 2.00 bits per heavy atom. The first kappa shape index (κ1) is 15.8. The molecule has 1 aliphatic heterocycles. The van der Waals surface area contributed by atoms with Gasteiger partial charge in [-0.2, -0.15) is 0 Å². The van der Waals surface area contributed by atoms with Crippen LogP contribution < -0.4 is 10.6 Å². The smallest absolute Gasteiger partial charge is 0.222 e. The Balaban J connectivity index is 1.79. The van der Waals surface area contributed by atoms with E-state index in [1.54, 1.807) is 0 Å². The molecule has 2 N–H and O–H groups in total. The molecular formula is C17H27N3O. The number of anilines is 1. The van der Waals surface area contributed by atoms with Crippen molar-refractivity contribution in [3.05, 3.63) is 29.8 Å². The lowest BCUT2D eigenvalue weighted by Crippen LogP contribution is -2.48. The monoisotopic (exact) mass is 289 g/mol. The Bertz CT molecular complexity index is 465. The molecule has 1 saturated heterocycles. The van der Waals surface area contributed by atoms with Crippen molar-refractivity contribution in [2.45, 2.75) is 39.2 Å². The highest BCUT2D eigenvalue weighted by Crippen LogP contribution is 2.18. The molecule has 2 rings (SSSR count). The minimum atomic E-state index is 0.191. The minimum Gasteiger partial charge on any atom is -0.368 e. The highest BCUT2D eigenvalue weighted by atomic mass is 16.2. The first-order valence-electron chi connectivity index (χ1n) is 7.91. The van der Waals surface area contributed by atoms with Crippen molar-refractivity contribution in [2.24, 2.45) is 5.73 Å². The number of piperazine rings is 1. The van der Waals surface area contributed by atoms with Crippen LogP contribution in [-0.4, -0.2) is 43.0 Å². The van der Waals surface area contributed by atoms with Crippen molar-refractivity contribution >= 4 is 11.6 Å². The third kappa shape index (κ3) is 4.74. The molecule has 1 atom stereocenters. The number of nitrogens with zero attached hydrogens (tertiary/aromatic N) is 2. The molecule has 4 nitrogen and oxygen atoms in total. The fourth-order valence-electron chi connectivity index (χ4n) is 2.77. The van der Waals surface area contributed by atoms with Gasteiger partial charge in [0, 0.05) is 44.3 Å². The van der Waals surface area contributed by atoms with E-state index >= 15 is 0 Å². The van der Waals surface area contributed by atoms with Crippen molar-refractivity contribution < 1.29 is 4.79 Å². The van der Waals surface area contributed by atoms with Crippen molar-refractivity contribution in [3.8, 4) is 0 Å². The maximum atomic E-state index is 12.1. The highest BCUT2D eigenvalue weighted by Gasteiger charge is 2.20. The zero-order valence-corrected chi connectivity index (χ0v) is 13.2. The number of nitrogens with two attached hydrogens (primary N) is 1. The van der Waals surface area contributed by atoms with Crippen LogP contribution in [0, 0.1) is 6.92 Å². The molecule has 1 aliphatic rings. The largest absolute Gasteiger partial charge is 0.368 e. The maximum absolute atomic E-state index is 12.1. The van der Waals surface area contributed by atoms with E-state index < -0.39 is 0 Å². The average Bonchev–Trinajstić information content (AvgIpc) is 2.47. The lowest BCUT2D eigenvalue weighted by atomic mass is 10.1. The summed E-state index contributed by atoms with van der Waals surface area (Å²) in [4.78, 5) is 16.5. The lowest BCUT2D eigenvalue weighted by molar-refractivity contribution is -0.131. The van der Waals surface area contributed by atoms with E-state index in [4.69, 9.17) is 5.73 Å². The minimum absolute atomic E-state index is 0.191. The third-order valence-corrected chi connectivity index (χ3v) is 4.05. The summed E-state index contributed by atoms with van der Waals surface area (Å²) in [6, 6.07) is 8.75. The predicted octanol–water partition coefficient (Wildman–Crippen LogP) is 2.16. The van der Waals surface area contributed by atoms with E-state index in [0.29, 0.717) is 6.42 Å². The van der Waals surface area contributed by atoms with Crippen LogP contribution in [0.4, 0.5) is 5.69 Å². The molecule has 0 bridgehead atoms. The van der Waals surface area contributed by atoms with Crippen LogP contribution in [0.2, 0.25) is 0 Å². The Hall–Kier alpha value is -1.55. The second-order valence-corrected chi connectivity index (χ2v) is 6.08. The SMILES string of the molecule is Cc1cccc(N2CCN(C(=O)CCCC(C)N)CC2)c1. The van der Waals surface area contributed by atoms with Crippen LogP contribution in [0.3, 0.4) is 0 Å².